The average molecular weight is 238 g/mol. The van der Waals surface area contributed by atoms with Gasteiger partial charge in [-0.3, -0.25) is 4.79 Å². The van der Waals surface area contributed by atoms with E-state index in [9.17, 15) is 4.79 Å². The summed E-state index contributed by atoms with van der Waals surface area (Å²) >= 11 is 0. The Hall–Kier alpha value is -0.830. The first-order valence-electron chi connectivity index (χ1n) is 6.83. The van der Waals surface area contributed by atoms with Crippen LogP contribution in [0.2, 0.25) is 0 Å². The fourth-order valence-corrected chi connectivity index (χ4v) is 2.57. The third-order valence-corrected chi connectivity index (χ3v) is 3.79. The Balaban J connectivity index is 2.55. The predicted octanol–water partition coefficient (Wildman–Crippen LogP) is 2.32. The molecule has 3 nitrogen and oxygen atoms in total. The van der Waals surface area contributed by atoms with Crippen LogP contribution in [-0.4, -0.2) is 29.9 Å². The van der Waals surface area contributed by atoms with Gasteiger partial charge in [-0.2, -0.15) is 0 Å². The van der Waals surface area contributed by atoms with Crippen LogP contribution in [0.25, 0.3) is 0 Å². The van der Waals surface area contributed by atoms with E-state index in [1.165, 1.54) is 12.8 Å². The lowest BCUT2D eigenvalue weighted by Crippen LogP contribution is -2.40. The first kappa shape index (κ1) is 14.2. The van der Waals surface area contributed by atoms with Crippen LogP contribution >= 0.6 is 0 Å². The molecule has 0 aromatic carbocycles. The zero-order valence-corrected chi connectivity index (χ0v) is 11.0. The summed E-state index contributed by atoms with van der Waals surface area (Å²) in [5.74, 6) is 0.588. The minimum Gasteiger partial charge on any atom is -0.336 e. The number of hydrogen-bond acceptors (Lipinski definition) is 2. The number of nitrogens with zero attached hydrogens (tertiary/aromatic N) is 1. The van der Waals surface area contributed by atoms with Gasteiger partial charge >= 0.3 is 0 Å². The standard InChI is InChI=1S/C14H26N2O/c1-3-9-16(13-7-5-6-8-13)14(17)10-12(4-2)11-15/h3,12-13H,1,4-11,15H2,2H3. The topological polar surface area (TPSA) is 46.3 Å². The van der Waals surface area contributed by atoms with Crippen molar-refractivity contribution in [2.75, 3.05) is 13.1 Å². The van der Waals surface area contributed by atoms with Crippen molar-refractivity contribution in [1.29, 1.82) is 0 Å². The van der Waals surface area contributed by atoms with E-state index in [1.54, 1.807) is 0 Å². The molecule has 0 bridgehead atoms. The number of amides is 1. The molecule has 1 fully saturated rings. The van der Waals surface area contributed by atoms with Gasteiger partial charge in [0.2, 0.25) is 5.91 Å². The van der Waals surface area contributed by atoms with Crippen LogP contribution in [0.1, 0.15) is 45.4 Å². The number of carbonyl (C=O) groups is 1. The molecule has 1 atom stereocenters. The minimum atomic E-state index is 0.258. The van der Waals surface area contributed by atoms with E-state index >= 15 is 0 Å². The molecule has 0 aromatic rings. The summed E-state index contributed by atoms with van der Waals surface area (Å²) in [4.78, 5) is 14.3. The van der Waals surface area contributed by atoms with Crippen molar-refractivity contribution in [2.45, 2.75) is 51.5 Å². The van der Waals surface area contributed by atoms with Gasteiger partial charge in [-0.1, -0.05) is 32.3 Å². The van der Waals surface area contributed by atoms with E-state index in [1.807, 2.05) is 11.0 Å². The Kier molecular flexibility index (Phi) is 6.27. The maximum Gasteiger partial charge on any atom is 0.223 e. The summed E-state index contributed by atoms with van der Waals surface area (Å²) in [5, 5.41) is 0. The van der Waals surface area contributed by atoms with E-state index in [0.717, 1.165) is 19.3 Å². The van der Waals surface area contributed by atoms with Crippen molar-refractivity contribution in [3.05, 3.63) is 12.7 Å². The summed E-state index contributed by atoms with van der Waals surface area (Å²) in [6, 6.07) is 0.441. The lowest BCUT2D eigenvalue weighted by atomic mass is 10.0. The lowest BCUT2D eigenvalue weighted by Gasteiger charge is -2.29. The van der Waals surface area contributed by atoms with Crippen LogP contribution in [0.5, 0.6) is 0 Å². The largest absolute Gasteiger partial charge is 0.336 e. The molecular formula is C14H26N2O. The van der Waals surface area contributed by atoms with Gasteiger partial charge in [0.05, 0.1) is 0 Å². The third kappa shape index (κ3) is 4.15. The Labute approximate surface area is 105 Å². The monoisotopic (exact) mass is 238 g/mol. The molecule has 3 heteroatoms. The van der Waals surface area contributed by atoms with Gasteiger partial charge < -0.3 is 10.6 Å². The first-order valence-corrected chi connectivity index (χ1v) is 6.83. The quantitative estimate of drug-likeness (QED) is 0.692. The molecule has 1 aliphatic carbocycles. The molecule has 17 heavy (non-hydrogen) atoms. The summed E-state index contributed by atoms with van der Waals surface area (Å²) in [6.45, 7) is 7.14. The second kappa shape index (κ2) is 7.49. The fraction of sp³-hybridized carbons (Fsp3) is 0.786. The SMILES string of the molecule is C=CCN(C(=O)CC(CC)CN)C1CCCC1. The molecule has 0 spiro atoms. The molecule has 1 rings (SSSR count). The Bertz CT molecular complexity index is 243. The van der Waals surface area contributed by atoms with Crippen LogP contribution in [0.3, 0.4) is 0 Å². The highest BCUT2D eigenvalue weighted by Gasteiger charge is 2.26. The van der Waals surface area contributed by atoms with Crippen molar-refractivity contribution < 1.29 is 4.79 Å². The summed E-state index contributed by atoms with van der Waals surface area (Å²) in [7, 11) is 0. The van der Waals surface area contributed by atoms with Crippen LogP contribution < -0.4 is 5.73 Å². The Morgan fingerprint density at radius 1 is 1.53 bits per heavy atom. The normalized spacial score (nSPS) is 18.0. The molecule has 98 valence electrons. The molecule has 0 radical (unpaired) electrons. The molecule has 0 aromatic heterocycles. The maximum absolute atomic E-state index is 12.3. The fourth-order valence-electron chi connectivity index (χ4n) is 2.57. The summed E-state index contributed by atoms with van der Waals surface area (Å²) < 4.78 is 0. The molecule has 1 amide bonds. The van der Waals surface area contributed by atoms with Gasteiger partial charge in [-0.25, -0.2) is 0 Å². The van der Waals surface area contributed by atoms with E-state index in [4.69, 9.17) is 5.73 Å². The highest BCUT2D eigenvalue weighted by Crippen LogP contribution is 2.24. The smallest absolute Gasteiger partial charge is 0.223 e. The van der Waals surface area contributed by atoms with E-state index in [0.29, 0.717) is 31.5 Å². The molecule has 0 saturated heterocycles. The van der Waals surface area contributed by atoms with Crippen molar-refractivity contribution in [3.63, 3.8) is 0 Å². The number of hydrogen-bond donors (Lipinski definition) is 1. The predicted molar refractivity (Wildman–Crippen MR) is 71.6 cm³/mol. The van der Waals surface area contributed by atoms with Crippen LogP contribution in [-0.2, 0) is 4.79 Å². The van der Waals surface area contributed by atoms with Crippen molar-refractivity contribution in [2.24, 2.45) is 11.7 Å². The van der Waals surface area contributed by atoms with Crippen LogP contribution in [0.15, 0.2) is 12.7 Å². The lowest BCUT2D eigenvalue weighted by molar-refractivity contribution is -0.133. The summed E-state index contributed by atoms with van der Waals surface area (Å²) in [5.41, 5.74) is 5.67. The molecular weight excluding hydrogens is 212 g/mol. The van der Waals surface area contributed by atoms with Crippen molar-refractivity contribution in [3.8, 4) is 0 Å². The Morgan fingerprint density at radius 2 is 2.18 bits per heavy atom. The Morgan fingerprint density at radius 3 is 2.65 bits per heavy atom. The van der Waals surface area contributed by atoms with E-state index < -0.39 is 0 Å². The number of rotatable bonds is 7. The minimum absolute atomic E-state index is 0.258. The average Bonchev–Trinajstić information content (AvgIpc) is 2.86. The van der Waals surface area contributed by atoms with Gasteiger partial charge in [0, 0.05) is 19.0 Å². The molecule has 1 aliphatic rings. The zero-order valence-electron chi connectivity index (χ0n) is 11.0. The van der Waals surface area contributed by atoms with Gasteiger partial charge in [0.15, 0.2) is 0 Å². The number of nitrogens with two attached hydrogens (primary N) is 1. The van der Waals surface area contributed by atoms with Gasteiger partial charge in [-0.15, -0.1) is 6.58 Å². The van der Waals surface area contributed by atoms with E-state index in [2.05, 4.69) is 13.5 Å². The van der Waals surface area contributed by atoms with Crippen LogP contribution in [0, 0.1) is 5.92 Å². The molecule has 1 saturated carbocycles. The second-order valence-corrected chi connectivity index (χ2v) is 4.99. The summed E-state index contributed by atoms with van der Waals surface area (Å²) in [6.07, 6.45) is 8.21. The van der Waals surface area contributed by atoms with Gasteiger partial charge in [-0.05, 0) is 25.3 Å². The van der Waals surface area contributed by atoms with Gasteiger partial charge in [0.25, 0.3) is 0 Å². The maximum atomic E-state index is 12.3. The molecule has 2 N–H and O–H groups in total. The highest BCUT2D eigenvalue weighted by atomic mass is 16.2. The van der Waals surface area contributed by atoms with Crippen molar-refractivity contribution >= 4 is 5.91 Å². The zero-order chi connectivity index (χ0) is 12.7. The molecule has 1 unspecified atom stereocenters. The first-order chi connectivity index (χ1) is 8.22. The highest BCUT2D eigenvalue weighted by molar-refractivity contribution is 5.77. The number of carbonyl (C=O) groups excluding carboxylic acids is 1. The van der Waals surface area contributed by atoms with Gasteiger partial charge in [0.1, 0.15) is 0 Å². The second-order valence-electron chi connectivity index (χ2n) is 4.99. The molecule has 0 aliphatic heterocycles. The van der Waals surface area contributed by atoms with E-state index in [-0.39, 0.29) is 5.91 Å². The molecule has 0 heterocycles. The van der Waals surface area contributed by atoms with Crippen LogP contribution in [0.4, 0.5) is 0 Å². The third-order valence-electron chi connectivity index (χ3n) is 3.79. The van der Waals surface area contributed by atoms with Crippen molar-refractivity contribution in [1.82, 2.24) is 4.90 Å².